The maximum absolute atomic E-state index is 5.38. The zero-order valence-corrected chi connectivity index (χ0v) is 14.4. The van der Waals surface area contributed by atoms with Gasteiger partial charge >= 0.3 is 0 Å². The van der Waals surface area contributed by atoms with Gasteiger partial charge in [-0.3, -0.25) is 5.32 Å². The van der Waals surface area contributed by atoms with Crippen molar-refractivity contribution < 1.29 is 9.78 Å². The summed E-state index contributed by atoms with van der Waals surface area (Å²) in [6.07, 6.45) is 18.4. The molecule has 1 fully saturated rings. The van der Waals surface area contributed by atoms with E-state index in [0.717, 1.165) is 12.8 Å². The lowest BCUT2D eigenvalue weighted by molar-refractivity contribution is -0.298. The van der Waals surface area contributed by atoms with Crippen molar-refractivity contribution in [1.82, 2.24) is 5.32 Å². The molecule has 1 rings (SSSR count). The Morgan fingerprint density at radius 3 is 1.38 bits per heavy atom. The van der Waals surface area contributed by atoms with Gasteiger partial charge in [-0.2, -0.15) is 0 Å². The average molecular weight is 299 g/mol. The second-order valence-electron chi connectivity index (χ2n) is 6.45. The SMILES string of the molecule is CCCCCCCCC1NC(CCCCCCCC)OO1. The molecule has 0 bridgehead atoms. The van der Waals surface area contributed by atoms with Crippen LogP contribution in [0, 0.1) is 0 Å². The molecule has 0 aliphatic carbocycles. The summed E-state index contributed by atoms with van der Waals surface area (Å²) in [6, 6.07) is 0. The summed E-state index contributed by atoms with van der Waals surface area (Å²) in [5, 5.41) is 3.45. The van der Waals surface area contributed by atoms with Crippen LogP contribution in [0.4, 0.5) is 0 Å². The molecule has 126 valence electrons. The van der Waals surface area contributed by atoms with E-state index in [0.29, 0.717) is 0 Å². The normalized spacial score (nSPS) is 22.0. The Morgan fingerprint density at radius 2 is 0.952 bits per heavy atom. The zero-order chi connectivity index (χ0) is 15.2. The Bertz CT molecular complexity index is 201. The number of hydrogen-bond acceptors (Lipinski definition) is 3. The smallest absolute Gasteiger partial charge is 0.145 e. The second-order valence-corrected chi connectivity index (χ2v) is 6.45. The zero-order valence-electron chi connectivity index (χ0n) is 14.4. The first-order valence-electron chi connectivity index (χ1n) is 9.45. The summed E-state index contributed by atoms with van der Waals surface area (Å²) in [5.41, 5.74) is 0. The molecule has 0 aromatic carbocycles. The molecule has 0 amide bonds. The standard InChI is InChI=1S/C18H37NO2/c1-3-5-7-9-11-13-15-17-19-18(21-20-17)16-14-12-10-8-6-4-2/h17-19H,3-16H2,1-2H3. The molecule has 1 heterocycles. The van der Waals surface area contributed by atoms with E-state index >= 15 is 0 Å². The predicted octanol–water partition coefficient (Wildman–Crippen LogP) is 5.69. The lowest BCUT2D eigenvalue weighted by Gasteiger charge is -2.09. The molecular formula is C18H37NO2. The van der Waals surface area contributed by atoms with Crippen molar-refractivity contribution in [1.29, 1.82) is 0 Å². The van der Waals surface area contributed by atoms with Crippen LogP contribution >= 0.6 is 0 Å². The first-order chi connectivity index (χ1) is 10.4. The van der Waals surface area contributed by atoms with Crippen LogP contribution in [0.5, 0.6) is 0 Å². The highest BCUT2D eigenvalue weighted by molar-refractivity contribution is 4.64. The Kier molecular flexibility index (Phi) is 12.2. The van der Waals surface area contributed by atoms with Crippen molar-refractivity contribution >= 4 is 0 Å². The van der Waals surface area contributed by atoms with Crippen LogP contribution in [0.3, 0.4) is 0 Å². The fourth-order valence-corrected chi connectivity index (χ4v) is 2.88. The predicted molar refractivity (Wildman–Crippen MR) is 88.9 cm³/mol. The first kappa shape index (κ1) is 18.9. The molecular weight excluding hydrogens is 262 g/mol. The maximum Gasteiger partial charge on any atom is 0.145 e. The van der Waals surface area contributed by atoms with Crippen LogP contribution in [-0.4, -0.2) is 12.5 Å². The van der Waals surface area contributed by atoms with E-state index in [2.05, 4.69) is 19.2 Å². The van der Waals surface area contributed by atoms with Gasteiger partial charge in [-0.05, 0) is 25.7 Å². The summed E-state index contributed by atoms with van der Waals surface area (Å²) >= 11 is 0. The van der Waals surface area contributed by atoms with Gasteiger partial charge in [-0.25, -0.2) is 9.78 Å². The van der Waals surface area contributed by atoms with Crippen LogP contribution in [0.25, 0.3) is 0 Å². The van der Waals surface area contributed by atoms with Crippen molar-refractivity contribution in [3.05, 3.63) is 0 Å². The monoisotopic (exact) mass is 299 g/mol. The van der Waals surface area contributed by atoms with E-state index in [4.69, 9.17) is 9.78 Å². The summed E-state index contributed by atoms with van der Waals surface area (Å²) < 4.78 is 0. The minimum absolute atomic E-state index is 0.126. The summed E-state index contributed by atoms with van der Waals surface area (Å²) in [6.45, 7) is 4.52. The summed E-state index contributed by atoms with van der Waals surface area (Å²) in [5.74, 6) is 0. The Morgan fingerprint density at radius 1 is 0.571 bits per heavy atom. The van der Waals surface area contributed by atoms with Gasteiger partial charge in [-0.1, -0.05) is 78.1 Å². The molecule has 21 heavy (non-hydrogen) atoms. The third-order valence-corrected chi connectivity index (χ3v) is 4.30. The lowest BCUT2D eigenvalue weighted by atomic mass is 10.1. The Balaban J connectivity index is 1.88. The van der Waals surface area contributed by atoms with Crippen molar-refractivity contribution in [2.75, 3.05) is 0 Å². The van der Waals surface area contributed by atoms with Crippen LogP contribution in [0.15, 0.2) is 0 Å². The van der Waals surface area contributed by atoms with E-state index in [1.54, 1.807) is 0 Å². The number of unbranched alkanes of at least 4 members (excludes halogenated alkanes) is 10. The van der Waals surface area contributed by atoms with Gasteiger partial charge in [0.2, 0.25) is 0 Å². The molecule has 3 nitrogen and oxygen atoms in total. The van der Waals surface area contributed by atoms with Gasteiger partial charge in [0.25, 0.3) is 0 Å². The van der Waals surface area contributed by atoms with Gasteiger partial charge in [0.1, 0.15) is 12.5 Å². The van der Waals surface area contributed by atoms with Gasteiger partial charge in [-0.15, -0.1) is 0 Å². The molecule has 3 heteroatoms. The largest absolute Gasteiger partial charge is 0.261 e. The van der Waals surface area contributed by atoms with Gasteiger partial charge in [0, 0.05) is 0 Å². The third-order valence-electron chi connectivity index (χ3n) is 4.30. The Labute approximate surface area is 132 Å². The van der Waals surface area contributed by atoms with Crippen LogP contribution in [-0.2, 0) is 9.78 Å². The molecule has 1 aliphatic rings. The van der Waals surface area contributed by atoms with Crippen molar-refractivity contribution in [3.8, 4) is 0 Å². The van der Waals surface area contributed by atoms with Crippen LogP contribution in [0.1, 0.15) is 104 Å². The van der Waals surface area contributed by atoms with Gasteiger partial charge in [0.05, 0.1) is 0 Å². The molecule has 0 spiro atoms. The molecule has 1 saturated heterocycles. The fraction of sp³-hybridized carbons (Fsp3) is 1.00. The topological polar surface area (TPSA) is 30.5 Å². The van der Waals surface area contributed by atoms with Crippen molar-refractivity contribution in [2.45, 2.75) is 116 Å². The van der Waals surface area contributed by atoms with Crippen molar-refractivity contribution in [3.63, 3.8) is 0 Å². The highest BCUT2D eigenvalue weighted by atomic mass is 17.2. The molecule has 0 saturated carbocycles. The quantitative estimate of drug-likeness (QED) is 0.330. The van der Waals surface area contributed by atoms with E-state index in [-0.39, 0.29) is 12.5 Å². The molecule has 0 aromatic rings. The lowest BCUT2D eigenvalue weighted by Crippen LogP contribution is -2.30. The highest BCUT2D eigenvalue weighted by Crippen LogP contribution is 2.17. The molecule has 0 aromatic heterocycles. The van der Waals surface area contributed by atoms with Crippen molar-refractivity contribution in [2.24, 2.45) is 0 Å². The van der Waals surface area contributed by atoms with E-state index in [1.165, 1.54) is 77.0 Å². The van der Waals surface area contributed by atoms with E-state index < -0.39 is 0 Å². The molecule has 0 radical (unpaired) electrons. The maximum atomic E-state index is 5.38. The van der Waals surface area contributed by atoms with Crippen LogP contribution < -0.4 is 5.32 Å². The van der Waals surface area contributed by atoms with Gasteiger partial charge < -0.3 is 0 Å². The summed E-state index contributed by atoms with van der Waals surface area (Å²) in [7, 11) is 0. The third kappa shape index (κ3) is 10.3. The number of rotatable bonds is 14. The molecule has 2 atom stereocenters. The van der Waals surface area contributed by atoms with Gasteiger partial charge in [0.15, 0.2) is 0 Å². The first-order valence-corrected chi connectivity index (χ1v) is 9.45. The van der Waals surface area contributed by atoms with E-state index in [1.807, 2.05) is 0 Å². The molecule has 1 aliphatic heterocycles. The molecule has 1 N–H and O–H groups in total. The van der Waals surface area contributed by atoms with Crippen LogP contribution in [0.2, 0.25) is 0 Å². The fourth-order valence-electron chi connectivity index (χ4n) is 2.88. The number of hydrogen-bond donors (Lipinski definition) is 1. The minimum atomic E-state index is 0.126. The highest BCUT2D eigenvalue weighted by Gasteiger charge is 2.24. The average Bonchev–Trinajstić information content (AvgIpc) is 2.94. The molecule has 2 unspecified atom stereocenters. The number of nitrogens with one attached hydrogen (secondary N) is 1. The second kappa shape index (κ2) is 13.5. The summed E-state index contributed by atoms with van der Waals surface area (Å²) in [4.78, 5) is 10.8. The Hall–Kier alpha value is -0.120. The van der Waals surface area contributed by atoms with E-state index in [9.17, 15) is 0 Å². The minimum Gasteiger partial charge on any atom is -0.261 e.